The minimum absolute atomic E-state index is 0.565. The van der Waals surface area contributed by atoms with Gasteiger partial charge in [0.1, 0.15) is 5.82 Å². The average Bonchev–Trinajstić information content (AvgIpc) is 2.39. The van der Waals surface area contributed by atoms with E-state index < -0.39 is 0 Å². The minimum atomic E-state index is 0.565. The fraction of sp³-hybridized carbons (Fsp3) is 0.267. The minimum Gasteiger partial charge on any atom is -0.329 e. The summed E-state index contributed by atoms with van der Waals surface area (Å²) in [6.07, 6.45) is 1.81. The van der Waals surface area contributed by atoms with Gasteiger partial charge in [0, 0.05) is 23.4 Å². The Kier molecular flexibility index (Phi) is 4.02. The third-order valence-electron chi connectivity index (χ3n) is 3.00. The van der Waals surface area contributed by atoms with Crippen LogP contribution < -0.4 is 4.90 Å². The third-order valence-corrected chi connectivity index (χ3v) is 3.47. The Morgan fingerprint density at radius 2 is 1.72 bits per heavy atom. The van der Waals surface area contributed by atoms with Crippen molar-refractivity contribution in [2.45, 2.75) is 19.8 Å². The highest BCUT2D eigenvalue weighted by Gasteiger charge is 2.06. The summed E-state index contributed by atoms with van der Waals surface area (Å²) in [7, 11) is 2.03. The lowest BCUT2D eigenvalue weighted by Crippen LogP contribution is -2.10. The Bertz CT molecular complexity index is 503. The molecule has 0 aliphatic rings. The normalized spacial score (nSPS) is 10.7. The number of rotatable bonds is 3. The standard InChI is InChI=1S/C15H17BrN2/c1-11(2)12-4-7-14(8-5-12)18(3)15-9-6-13(16)10-17-15/h4-11H,1-3H3. The maximum absolute atomic E-state index is 4.39. The van der Waals surface area contributed by atoms with Crippen LogP contribution in [0.25, 0.3) is 0 Å². The first-order valence-corrected chi connectivity index (χ1v) is 6.82. The van der Waals surface area contributed by atoms with Crippen molar-refractivity contribution in [1.29, 1.82) is 0 Å². The molecule has 1 aromatic carbocycles. The largest absolute Gasteiger partial charge is 0.329 e. The van der Waals surface area contributed by atoms with E-state index in [9.17, 15) is 0 Å². The van der Waals surface area contributed by atoms with Gasteiger partial charge in [-0.25, -0.2) is 4.98 Å². The summed E-state index contributed by atoms with van der Waals surface area (Å²) in [5.74, 6) is 1.51. The van der Waals surface area contributed by atoms with Gasteiger partial charge in [0.05, 0.1) is 0 Å². The van der Waals surface area contributed by atoms with E-state index in [0.717, 1.165) is 16.0 Å². The number of anilines is 2. The van der Waals surface area contributed by atoms with E-state index in [0.29, 0.717) is 5.92 Å². The topological polar surface area (TPSA) is 16.1 Å². The van der Waals surface area contributed by atoms with Gasteiger partial charge in [-0.1, -0.05) is 26.0 Å². The molecule has 3 heteroatoms. The summed E-state index contributed by atoms with van der Waals surface area (Å²) in [6, 6.07) is 12.6. The van der Waals surface area contributed by atoms with Crippen molar-refractivity contribution in [3.8, 4) is 0 Å². The lowest BCUT2D eigenvalue weighted by atomic mass is 10.0. The highest BCUT2D eigenvalue weighted by molar-refractivity contribution is 9.10. The monoisotopic (exact) mass is 304 g/mol. The van der Waals surface area contributed by atoms with Gasteiger partial charge < -0.3 is 4.90 Å². The molecule has 1 heterocycles. The van der Waals surface area contributed by atoms with Crippen molar-refractivity contribution in [3.05, 3.63) is 52.6 Å². The van der Waals surface area contributed by atoms with Crippen molar-refractivity contribution in [2.24, 2.45) is 0 Å². The molecule has 2 nitrogen and oxygen atoms in total. The summed E-state index contributed by atoms with van der Waals surface area (Å²) < 4.78 is 0.995. The van der Waals surface area contributed by atoms with Crippen LogP contribution in [-0.2, 0) is 0 Å². The molecule has 0 aliphatic carbocycles. The predicted octanol–water partition coefficient (Wildman–Crippen LogP) is 4.74. The molecule has 0 radical (unpaired) electrons. The Morgan fingerprint density at radius 1 is 1.06 bits per heavy atom. The number of hydrogen-bond donors (Lipinski definition) is 0. The van der Waals surface area contributed by atoms with E-state index in [1.54, 1.807) is 0 Å². The second kappa shape index (κ2) is 5.53. The van der Waals surface area contributed by atoms with Gasteiger partial charge in [-0.2, -0.15) is 0 Å². The Hall–Kier alpha value is -1.35. The van der Waals surface area contributed by atoms with Crippen molar-refractivity contribution >= 4 is 27.4 Å². The van der Waals surface area contributed by atoms with Crippen molar-refractivity contribution in [2.75, 3.05) is 11.9 Å². The van der Waals surface area contributed by atoms with E-state index in [4.69, 9.17) is 0 Å². The van der Waals surface area contributed by atoms with Crippen LogP contribution in [0.15, 0.2) is 47.1 Å². The van der Waals surface area contributed by atoms with Crippen molar-refractivity contribution in [1.82, 2.24) is 4.98 Å². The summed E-state index contributed by atoms with van der Waals surface area (Å²) in [5.41, 5.74) is 2.50. The van der Waals surface area contributed by atoms with Crippen LogP contribution in [0.1, 0.15) is 25.3 Å². The van der Waals surface area contributed by atoms with E-state index in [-0.39, 0.29) is 0 Å². The zero-order chi connectivity index (χ0) is 13.1. The maximum atomic E-state index is 4.39. The Morgan fingerprint density at radius 3 is 2.22 bits per heavy atom. The van der Waals surface area contributed by atoms with Gasteiger partial charge >= 0.3 is 0 Å². The molecule has 0 unspecified atom stereocenters. The molecule has 0 fully saturated rings. The molecule has 2 aromatic rings. The van der Waals surface area contributed by atoms with Gasteiger partial charge in [0.15, 0.2) is 0 Å². The van der Waals surface area contributed by atoms with E-state index >= 15 is 0 Å². The van der Waals surface area contributed by atoms with Crippen molar-refractivity contribution < 1.29 is 0 Å². The van der Waals surface area contributed by atoms with Gasteiger partial charge in [-0.05, 0) is 51.7 Å². The molecule has 2 rings (SSSR count). The molecule has 0 saturated heterocycles. The number of aromatic nitrogens is 1. The van der Waals surface area contributed by atoms with Gasteiger partial charge in [0.2, 0.25) is 0 Å². The Balaban J connectivity index is 2.23. The molecule has 0 saturated carbocycles. The molecule has 0 aliphatic heterocycles. The quantitative estimate of drug-likeness (QED) is 0.814. The summed E-state index contributed by atoms with van der Waals surface area (Å²) in [6.45, 7) is 4.41. The number of pyridine rings is 1. The molecule has 0 bridgehead atoms. The first kappa shape index (κ1) is 13.1. The number of nitrogens with zero attached hydrogens (tertiary/aromatic N) is 2. The first-order chi connectivity index (χ1) is 8.58. The molecule has 18 heavy (non-hydrogen) atoms. The van der Waals surface area contributed by atoms with Crippen LogP contribution in [0, 0.1) is 0 Å². The lowest BCUT2D eigenvalue weighted by Gasteiger charge is -2.19. The second-order valence-electron chi connectivity index (χ2n) is 4.64. The molecular formula is C15H17BrN2. The fourth-order valence-corrected chi connectivity index (χ4v) is 2.02. The molecule has 0 atom stereocenters. The van der Waals surface area contributed by atoms with E-state index in [1.807, 2.05) is 25.4 Å². The van der Waals surface area contributed by atoms with Gasteiger partial charge in [0.25, 0.3) is 0 Å². The van der Waals surface area contributed by atoms with Crippen LogP contribution >= 0.6 is 15.9 Å². The highest BCUT2D eigenvalue weighted by Crippen LogP contribution is 2.24. The maximum Gasteiger partial charge on any atom is 0.132 e. The number of benzene rings is 1. The van der Waals surface area contributed by atoms with Crippen LogP contribution in [0.4, 0.5) is 11.5 Å². The van der Waals surface area contributed by atoms with Crippen LogP contribution in [0.2, 0.25) is 0 Å². The summed E-state index contributed by atoms with van der Waals surface area (Å²) in [5, 5.41) is 0. The van der Waals surface area contributed by atoms with Crippen LogP contribution in [-0.4, -0.2) is 12.0 Å². The van der Waals surface area contributed by atoms with E-state index in [2.05, 4.69) is 63.9 Å². The summed E-state index contributed by atoms with van der Waals surface area (Å²) in [4.78, 5) is 6.47. The zero-order valence-electron chi connectivity index (χ0n) is 10.9. The SMILES string of the molecule is CC(C)c1ccc(N(C)c2ccc(Br)cn2)cc1. The molecule has 94 valence electrons. The fourth-order valence-electron chi connectivity index (χ4n) is 1.78. The molecule has 0 amide bonds. The molecule has 1 aromatic heterocycles. The van der Waals surface area contributed by atoms with Crippen LogP contribution in [0.3, 0.4) is 0 Å². The Labute approximate surface area is 117 Å². The molecule has 0 N–H and O–H groups in total. The molecular weight excluding hydrogens is 288 g/mol. The molecule has 0 spiro atoms. The van der Waals surface area contributed by atoms with Gasteiger partial charge in [-0.3, -0.25) is 0 Å². The van der Waals surface area contributed by atoms with Crippen LogP contribution in [0.5, 0.6) is 0 Å². The third kappa shape index (κ3) is 2.91. The highest BCUT2D eigenvalue weighted by atomic mass is 79.9. The average molecular weight is 305 g/mol. The number of halogens is 1. The van der Waals surface area contributed by atoms with Crippen molar-refractivity contribution in [3.63, 3.8) is 0 Å². The summed E-state index contributed by atoms with van der Waals surface area (Å²) >= 11 is 3.40. The smallest absolute Gasteiger partial charge is 0.132 e. The second-order valence-corrected chi connectivity index (χ2v) is 5.56. The van der Waals surface area contributed by atoms with Gasteiger partial charge in [-0.15, -0.1) is 0 Å². The van der Waals surface area contributed by atoms with E-state index in [1.165, 1.54) is 5.56 Å². The lowest BCUT2D eigenvalue weighted by molar-refractivity contribution is 0.866. The number of hydrogen-bond acceptors (Lipinski definition) is 2. The first-order valence-electron chi connectivity index (χ1n) is 6.03. The predicted molar refractivity (Wildman–Crippen MR) is 80.5 cm³/mol. The zero-order valence-corrected chi connectivity index (χ0v) is 12.5.